The number of carbonyl (C=O) groups excluding carboxylic acids is 3. The Kier molecular flexibility index (Phi) is 7.35. The molecule has 8 nitrogen and oxygen atoms in total. The first-order chi connectivity index (χ1) is 15.9. The van der Waals surface area contributed by atoms with Crippen LogP contribution in [-0.4, -0.2) is 81.8 Å². The van der Waals surface area contributed by atoms with Crippen LogP contribution < -0.4 is 0 Å². The lowest BCUT2D eigenvalue weighted by molar-refractivity contribution is -0.162. The standard InChI is InChI=1S/C26H40N2O6/c1-8-10-15-33-23(32)19-18-21(30)27(13-11-14-29)20(22(31)28(12-9-2)24(4,5)6)26(18)16-17(3)25(19,7)34-26/h8-9,17-20,29H,1-2,10-16H2,3-7H3/t17?,18-,19+,20?,25-,26?/m0/s1. The van der Waals surface area contributed by atoms with E-state index >= 15 is 0 Å². The minimum Gasteiger partial charge on any atom is -0.465 e. The van der Waals surface area contributed by atoms with Gasteiger partial charge in [-0.05, 0) is 52.9 Å². The number of fused-ring (bicyclic) bond motifs is 1. The van der Waals surface area contributed by atoms with Crippen LogP contribution in [0.2, 0.25) is 0 Å². The van der Waals surface area contributed by atoms with Crippen molar-refractivity contribution in [1.82, 2.24) is 9.80 Å². The van der Waals surface area contributed by atoms with Crippen LogP contribution in [0.1, 0.15) is 53.9 Å². The van der Waals surface area contributed by atoms with E-state index in [1.165, 1.54) is 4.90 Å². The number of aliphatic hydroxyl groups excluding tert-OH is 1. The van der Waals surface area contributed by atoms with E-state index in [0.29, 0.717) is 25.8 Å². The SMILES string of the molecule is C=CCCOC(=O)[C@H]1[C@H]2C(=O)N(CCCO)C(C(=O)N(CC=C)C(C)(C)C)C23CC(C)[C@]1(C)O3. The molecular weight excluding hydrogens is 436 g/mol. The van der Waals surface area contributed by atoms with Crippen molar-refractivity contribution in [3.63, 3.8) is 0 Å². The second-order valence-electron chi connectivity index (χ2n) is 11.0. The minimum absolute atomic E-state index is 0.0518. The van der Waals surface area contributed by atoms with Crippen LogP contribution >= 0.6 is 0 Å². The van der Waals surface area contributed by atoms with Crippen molar-refractivity contribution in [3.05, 3.63) is 25.3 Å². The smallest absolute Gasteiger partial charge is 0.312 e. The fourth-order valence-corrected chi connectivity index (χ4v) is 6.16. The number of amides is 2. The van der Waals surface area contributed by atoms with Crippen molar-refractivity contribution in [3.8, 4) is 0 Å². The number of esters is 1. The lowest BCUT2D eigenvalue weighted by Gasteiger charge is -2.42. The summed E-state index contributed by atoms with van der Waals surface area (Å²) in [6.07, 6.45) is 4.68. The fourth-order valence-electron chi connectivity index (χ4n) is 6.16. The van der Waals surface area contributed by atoms with Crippen LogP contribution in [0, 0.1) is 17.8 Å². The summed E-state index contributed by atoms with van der Waals surface area (Å²) in [6, 6.07) is -0.883. The van der Waals surface area contributed by atoms with Gasteiger partial charge in [-0.3, -0.25) is 14.4 Å². The quantitative estimate of drug-likeness (QED) is 0.295. The predicted octanol–water partition coefficient (Wildman–Crippen LogP) is 2.31. The molecule has 1 spiro atoms. The summed E-state index contributed by atoms with van der Waals surface area (Å²) in [5, 5.41) is 9.48. The first kappa shape index (κ1) is 26.4. The Morgan fingerprint density at radius 2 is 2.00 bits per heavy atom. The zero-order valence-corrected chi connectivity index (χ0v) is 21.2. The number of rotatable bonds is 10. The Morgan fingerprint density at radius 1 is 1.32 bits per heavy atom. The van der Waals surface area contributed by atoms with Crippen LogP contribution in [0.25, 0.3) is 0 Å². The summed E-state index contributed by atoms with van der Waals surface area (Å²) in [6.45, 7) is 17.8. The molecule has 6 atom stereocenters. The third-order valence-electron chi connectivity index (χ3n) is 7.81. The first-order valence-corrected chi connectivity index (χ1v) is 12.2. The van der Waals surface area contributed by atoms with Gasteiger partial charge in [0.25, 0.3) is 0 Å². The van der Waals surface area contributed by atoms with Gasteiger partial charge in [-0.25, -0.2) is 0 Å². The number of nitrogens with zero attached hydrogens (tertiary/aromatic N) is 2. The van der Waals surface area contributed by atoms with Gasteiger partial charge < -0.3 is 24.4 Å². The van der Waals surface area contributed by atoms with Crippen molar-refractivity contribution >= 4 is 17.8 Å². The molecule has 190 valence electrons. The van der Waals surface area contributed by atoms with E-state index in [0.717, 1.165) is 0 Å². The predicted molar refractivity (Wildman–Crippen MR) is 128 cm³/mol. The summed E-state index contributed by atoms with van der Waals surface area (Å²) < 4.78 is 12.2. The van der Waals surface area contributed by atoms with Crippen LogP contribution in [-0.2, 0) is 23.9 Å². The van der Waals surface area contributed by atoms with Gasteiger partial charge in [0, 0.05) is 25.2 Å². The Labute approximate surface area is 202 Å². The van der Waals surface area contributed by atoms with Crippen LogP contribution in [0.15, 0.2) is 25.3 Å². The largest absolute Gasteiger partial charge is 0.465 e. The van der Waals surface area contributed by atoms with E-state index in [9.17, 15) is 19.5 Å². The summed E-state index contributed by atoms with van der Waals surface area (Å²) >= 11 is 0. The highest BCUT2D eigenvalue weighted by molar-refractivity contribution is 5.98. The Morgan fingerprint density at radius 3 is 2.56 bits per heavy atom. The zero-order valence-electron chi connectivity index (χ0n) is 21.2. The van der Waals surface area contributed by atoms with Crippen LogP contribution in [0.5, 0.6) is 0 Å². The molecule has 2 bridgehead atoms. The average molecular weight is 477 g/mol. The van der Waals surface area contributed by atoms with Crippen molar-refractivity contribution < 1.29 is 29.0 Å². The fraction of sp³-hybridized carbons (Fsp3) is 0.731. The Hall–Kier alpha value is -2.19. The molecule has 3 aliphatic heterocycles. The topological polar surface area (TPSA) is 96.4 Å². The lowest BCUT2D eigenvalue weighted by Crippen LogP contribution is -2.60. The van der Waals surface area contributed by atoms with Gasteiger partial charge in [0.05, 0.1) is 18.1 Å². The summed E-state index contributed by atoms with van der Waals surface area (Å²) in [4.78, 5) is 44.5. The van der Waals surface area contributed by atoms with Gasteiger partial charge in [0.2, 0.25) is 11.8 Å². The molecule has 1 N–H and O–H groups in total. The number of carbonyl (C=O) groups is 3. The maximum atomic E-state index is 14.1. The number of hydrogen-bond acceptors (Lipinski definition) is 6. The molecule has 3 aliphatic rings. The van der Waals surface area contributed by atoms with E-state index in [2.05, 4.69) is 13.2 Å². The van der Waals surface area contributed by atoms with Gasteiger partial charge in [-0.15, -0.1) is 13.2 Å². The normalized spacial score (nSPS) is 34.2. The summed E-state index contributed by atoms with van der Waals surface area (Å²) in [5.41, 5.74) is -2.54. The molecule has 2 amide bonds. The average Bonchev–Trinajstić information content (AvgIpc) is 3.26. The van der Waals surface area contributed by atoms with Gasteiger partial charge in [-0.1, -0.05) is 19.1 Å². The summed E-state index contributed by atoms with van der Waals surface area (Å²) in [5.74, 6) is -2.62. The minimum atomic E-state index is -1.12. The van der Waals surface area contributed by atoms with Gasteiger partial charge >= 0.3 is 5.97 Å². The summed E-state index contributed by atoms with van der Waals surface area (Å²) in [7, 11) is 0. The van der Waals surface area contributed by atoms with E-state index in [1.54, 1.807) is 17.1 Å². The monoisotopic (exact) mass is 476 g/mol. The van der Waals surface area contributed by atoms with Crippen molar-refractivity contribution in [2.75, 3.05) is 26.3 Å². The third kappa shape index (κ3) is 3.98. The highest BCUT2D eigenvalue weighted by Crippen LogP contribution is 2.65. The molecule has 0 aromatic carbocycles. The van der Waals surface area contributed by atoms with Gasteiger partial charge in [0.15, 0.2) is 0 Å². The molecule has 0 radical (unpaired) electrons. The maximum absolute atomic E-state index is 14.1. The van der Waals surface area contributed by atoms with Crippen LogP contribution in [0.3, 0.4) is 0 Å². The van der Waals surface area contributed by atoms with E-state index in [1.807, 2.05) is 34.6 Å². The van der Waals surface area contributed by atoms with Gasteiger partial charge in [-0.2, -0.15) is 0 Å². The molecule has 3 heterocycles. The third-order valence-corrected chi connectivity index (χ3v) is 7.81. The lowest BCUT2D eigenvalue weighted by atomic mass is 9.62. The molecule has 0 aliphatic carbocycles. The molecule has 3 unspecified atom stereocenters. The molecule has 34 heavy (non-hydrogen) atoms. The molecule has 3 fully saturated rings. The molecule has 0 saturated carbocycles. The molecule has 8 heteroatoms. The highest BCUT2D eigenvalue weighted by Gasteiger charge is 2.80. The van der Waals surface area contributed by atoms with E-state index < -0.39 is 40.6 Å². The Bertz CT molecular complexity index is 851. The number of aliphatic hydroxyl groups is 1. The van der Waals surface area contributed by atoms with E-state index in [4.69, 9.17) is 9.47 Å². The number of hydrogen-bond donors (Lipinski definition) is 1. The Balaban J connectivity index is 2.09. The first-order valence-electron chi connectivity index (χ1n) is 12.2. The molecule has 3 saturated heterocycles. The molecule has 0 aromatic rings. The second-order valence-corrected chi connectivity index (χ2v) is 11.0. The second kappa shape index (κ2) is 9.46. The van der Waals surface area contributed by atoms with Crippen molar-refractivity contribution in [1.29, 1.82) is 0 Å². The molecule has 0 aromatic heterocycles. The zero-order chi connectivity index (χ0) is 25.5. The number of likely N-dealkylation sites (tertiary alicyclic amines) is 1. The number of ether oxygens (including phenoxy) is 2. The van der Waals surface area contributed by atoms with Crippen molar-refractivity contribution in [2.45, 2.75) is 76.7 Å². The maximum Gasteiger partial charge on any atom is 0.312 e. The van der Waals surface area contributed by atoms with Crippen LogP contribution in [0.4, 0.5) is 0 Å². The van der Waals surface area contributed by atoms with Crippen molar-refractivity contribution in [2.24, 2.45) is 17.8 Å². The molecule has 3 rings (SSSR count). The van der Waals surface area contributed by atoms with E-state index in [-0.39, 0.29) is 37.5 Å². The highest BCUT2D eigenvalue weighted by atomic mass is 16.6. The molecular formula is C26H40N2O6. The van der Waals surface area contributed by atoms with Gasteiger partial charge in [0.1, 0.15) is 17.6 Å².